The van der Waals surface area contributed by atoms with Crippen molar-refractivity contribution in [3.05, 3.63) is 150 Å². The number of aromatic nitrogens is 1. The number of furan rings is 1. The molecule has 0 saturated heterocycles. The standard InChI is InChI=1S/C37H28N2O/c1-25-21-22-30-29-18-10-12-20-34(29)40-36(30)39(27-15-7-4-8-16-27)35-23-31-28-17-9-11-19-32(28)38(26-13-5-3-6-14-26)33(31)24-37(25,35)2/h3-23H,1,24H2,2H3/b22-21-. The van der Waals surface area contributed by atoms with Gasteiger partial charge in [0, 0.05) is 56.5 Å². The number of anilines is 2. The average molecular weight is 517 g/mol. The molecule has 1 atom stereocenters. The summed E-state index contributed by atoms with van der Waals surface area (Å²) in [6.45, 7) is 7.00. The third-order valence-electron chi connectivity index (χ3n) is 8.63. The molecule has 2 aromatic heterocycles. The number of fused-ring (bicyclic) bond motifs is 7. The molecular weight excluding hydrogens is 488 g/mol. The Hall–Kier alpha value is -5.02. The maximum Gasteiger partial charge on any atom is 0.212 e. The maximum absolute atomic E-state index is 6.67. The van der Waals surface area contributed by atoms with Crippen molar-refractivity contribution in [1.29, 1.82) is 0 Å². The fraction of sp³-hybridized carbons (Fsp3) is 0.0811. The molecule has 6 aromatic rings. The topological polar surface area (TPSA) is 21.3 Å². The van der Waals surface area contributed by atoms with Crippen molar-refractivity contribution >= 4 is 45.6 Å². The van der Waals surface area contributed by atoms with E-state index in [0.717, 1.165) is 45.8 Å². The number of para-hydroxylation sites is 4. The predicted octanol–water partition coefficient (Wildman–Crippen LogP) is 9.70. The predicted molar refractivity (Wildman–Crippen MR) is 166 cm³/mol. The Morgan fingerprint density at radius 3 is 2.12 bits per heavy atom. The summed E-state index contributed by atoms with van der Waals surface area (Å²) in [7, 11) is 0. The molecule has 0 amide bonds. The van der Waals surface area contributed by atoms with E-state index in [0.29, 0.717) is 0 Å². The van der Waals surface area contributed by atoms with Crippen LogP contribution < -0.4 is 4.90 Å². The van der Waals surface area contributed by atoms with E-state index in [-0.39, 0.29) is 5.41 Å². The second-order valence-corrected chi connectivity index (χ2v) is 10.9. The maximum atomic E-state index is 6.67. The zero-order valence-corrected chi connectivity index (χ0v) is 22.3. The van der Waals surface area contributed by atoms with Crippen LogP contribution in [-0.2, 0) is 6.42 Å². The normalized spacial score (nSPS) is 19.0. The van der Waals surface area contributed by atoms with Gasteiger partial charge in [-0.1, -0.05) is 85.5 Å². The minimum atomic E-state index is -0.378. The molecule has 1 aliphatic heterocycles. The van der Waals surface area contributed by atoms with E-state index < -0.39 is 0 Å². The zero-order chi connectivity index (χ0) is 26.8. The van der Waals surface area contributed by atoms with Gasteiger partial charge in [0.25, 0.3) is 0 Å². The molecule has 4 aromatic carbocycles. The summed E-state index contributed by atoms with van der Waals surface area (Å²) in [5.41, 5.74) is 9.82. The Morgan fingerprint density at radius 1 is 0.700 bits per heavy atom. The monoisotopic (exact) mass is 516 g/mol. The molecule has 0 radical (unpaired) electrons. The van der Waals surface area contributed by atoms with Crippen LogP contribution in [0.1, 0.15) is 23.7 Å². The fourth-order valence-corrected chi connectivity index (χ4v) is 6.53. The van der Waals surface area contributed by atoms with E-state index in [1.165, 1.54) is 27.8 Å². The molecule has 0 N–H and O–H groups in total. The van der Waals surface area contributed by atoms with Gasteiger partial charge in [-0.3, -0.25) is 4.90 Å². The van der Waals surface area contributed by atoms with Gasteiger partial charge in [0.2, 0.25) is 5.88 Å². The molecule has 1 aliphatic carbocycles. The van der Waals surface area contributed by atoms with Crippen LogP contribution in [0.2, 0.25) is 0 Å². The summed E-state index contributed by atoms with van der Waals surface area (Å²) in [4.78, 5) is 2.32. The van der Waals surface area contributed by atoms with Crippen molar-refractivity contribution in [3.8, 4) is 5.69 Å². The lowest BCUT2D eigenvalue weighted by Gasteiger charge is -2.43. The van der Waals surface area contributed by atoms with Crippen LogP contribution in [-0.4, -0.2) is 4.57 Å². The number of nitrogens with zero attached hydrogens (tertiary/aromatic N) is 2. The number of benzene rings is 4. The summed E-state index contributed by atoms with van der Waals surface area (Å²) in [6.07, 6.45) is 7.57. The molecule has 0 bridgehead atoms. The lowest BCUT2D eigenvalue weighted by atomic mass is 9.70. The highest BCUT2D eigenvalue weighted by Gasteiger charge is 2.43. The number of rotatable bonds is 2. The van der Waals surface area contributed by atoms with Crippen LogP contribution in [0, 0.1) is 5.41 Å². The van der Waals surface area contributed by atoms with Crippen LogP contribution in [0.25, 0.3) is 39.7 Å². The molecule has 3 nitrogen and oxygen atoms in total. The summed E-state index contributed by atoms with van der Waals surface area (Å²) >= 11 is 0. The highest BCUT2D eigenvalue weighted by atomic mass is 16.4. The van der Waals surface area contributed by atoms with Gasteiger partial charge in [-0.25, -0.2) is 0 Å². The summed E-state index contributed by atoms with van der Waals surface area (Å²) < 4.78 is 9.10. The molecule has 2 aliphatic rings. The Balaban J connectivity index is 1.48. The third-order valence-corrected chi connectivity index (χ3v) is 8.63. The third kappa shape index (κ3) is 3.18. The molecule has 192 valence electrons. The van der Waals surface area contributed by atoms with Crippen LogP contribution in [0.5, 0.6) is 0 Å². The van der Waals surface area contributed by atoms with E-state index in [9.17, 15) is 0 Å². The van der Waals surface area contributed by atoms with Gasteiger partial charge in [0.15, 0.2) is 0 Å². The molecule has 40 heavy (non-hydrogen) atoms. The van der Waals surface area contributed by atoms with E-state index >= 15 is 0 Å². The van der Waals surface area contributed by atoms with Crippen LogP contribution in [0.4, 0.5) is 11.6 Å². The average Bonchev–Trinajstić information content (AvgIpc) is 3.51. The molecule has 3 heteroatoms. The number of hydrogen-bond acceptors (Lipinski definition) is 2. The van der Waals surface area contributed by atoms with Gasteiger partial charge in [0.1, 0.15) is 5.58 Å². The van der Waals surface area contributed by atoms with Crippen molar-refractivity contribution in [2.75, 3.05) is 4.90 Å². The highest BCUT2D eigenvalue weighted by molar-refractivity contribution is 5.99. The molecule has 0 spiro atoms. The van der Waals surface area contributed by atoms with Gasteiger partial charge in [-0.05, 0) is 61.0 Å². The van der Waals surface area contributed by atoms with Gasteiger partial charge in [0.05, 0.1) is 5.52 Å². The molecule has 3 heterocycles. The quantitative estimate of drug-likeness (QED) is 0.228. The molecule has 0 saturated carbocycles. The smallest absolute Gasteiger partial charge is 0.212 e. The zero-order valence-electron chi connectivity index (χ0n) is 22.3. The van der Waals surface area contributed by atoms with Gasteiger partial charge in [-0.2, -0.15) is 0 Å². The molecular formula is C37H28N2O. The van der Waals surface area contributed by atoms with E-state index in [4.69, 9.17) is 4.42 Å². The number of hydrogen-bond donors (Lipinski definition) is 0. The Bertz CT molecular complexity index is 2010. The van der Waals surface area contributed by atoms with E-state index in [1.54, 1.807) is 0 Å². The van der Waals surface area contributed by atoms with Crippen molar-refractivity contribution in [1.82, 2.24) is 4.57 Å². The summed E-state index contributed by atoms with van der Waals surface area (Å²) in [6, 6.07) is 38.3. The van der Waals surface area contributed by atoms with Crippen molar-refractivity contribution in [3.63, 3.8) is 0 Å². The Morgan fingerprint density at radius 2 is 1.35 bits per heavy atom. The van der Waals surface area contributed by atoms with Crippen molar-refractivity contribution in [2.45, 2.75) is 13.3 Å². The molecule has 0 fully saturated rings. The van der Waals surface area contributed by atoms with Crippen molar-refractivity contribution in [2.24, 2.45) is 5.41 Å². The molecule has 8 rings (SSSR count). The fourth-order valence-electron chi connectivity index (χ4n) is 6.53. The first-order valence-corrected chi connectivity index (χ1v) is 13.8. The highest BCUT2D eigenvalue weighted by Crippen LogP contribution is 2.53. The first-order chi connectivity index (χ1) is 19.6. The largest absolute Gasteiger partial charge is 0.439 e. The van der Waals surface area contributed by atoms with Crippen molar-refractivity contribution < 1.29 is 4.42 Å². The first-order valence-electron chi connectivity index (χ1n) is 13.8. The lowest BCUT2D eigenvalue weighted by molar-refractivity contribution is 0.460. The Labute approximate surface area is 233 Å². The van der Waals surface area contributed by atoms with Crippen LogP contribution in [0.3, 0.4) is 0 Å². The van der Waals surface area contributed by atoms with Gasteiger partial charge < -0.3 is 8.98 Å². The van der Waals surface area contributed by atoms with E-state index in [1.807, 2.05) is 12.1 Å². The summed E-state index contributed by atoms with van der Waals surface area (Å²) in [5, 5.41) is 2.35. The Kier molecular flexibility index (Phi) is 4.86. The van der Waals surface area contributed by atoms with Gasteiger partial charge in [-0.15, -0.1) is 0 Å². The van der Waals surface area contributed by atoms with Gasteiger partial charge >= 0.3 is 0 Å². The minimum absolute atomic E-state index is 0.378. The van der Waals surface area contributed by atoms with Crippen LogP contribution >= 0.6 is 0 Å². The lowest BCUT2D eigenvalue weighted by Crippen LogP contribution is -2.37. The van der Waals surface area contributed by atoms with Crippen LogP contribution in [0.15, 0.2) is 138 Å². The SMILES string of the molecule is C=C1/C=C\c2c(oc3ccccc23)N(c2ccccc2)C2=Cc3c(n(-c4ccccc4)c4ccccc34)CC12C. The minimum Gasteiger partial charge on any atom is -0.439 e. The number of allylic oxidation sites excluding steroid dienone is 2. The summed E-state index contributed by atoms with van der Waals surface area (Å²) in [5.74, 6) is 0.837. The molecule has 1 unspecified atom stereocenters. The first kappa shape index (κ1) is 22.9. The van der Waals surface area contributed by atoms with E-state index in [2.05, 4.69) is 138 Å². The second-order valence-electron chi connectivity index (χ2n) is 10.9. The second kappa shape index (κ2) is 8.49.